The molecule has 0 spiro atoms. The number of nitrogens with zero attached hydrogens (tertiary/aromatic N) is 2. The minimum absolute atomic E-state index is 0.00759. The monoisotopic (exact) mass is 436 g/mol. The number of Topliss-reactive ketones (excluding diaryl/α,β-unsaturated/α-hetero) is 1. The van der Waals surface area contributed by atoms with E-state index in [1.165, 1.54) is 35.2 Å². The molecule has 1 aromatic carbocycles. The smallest absolute Gasteiger partial charge is 0.173 e. The Kier molecular flexibility index (Phi) is 5.86. The van der Waals surface area contributed by atoms with Gasteiger partial charge < -0.3 is 0 Å². The SMILES string of the molecule is N#Cc1c(-c2ccc(F)cc2)cc(-c2cccs2)nc1SCC(=O)c1ccsc1. The first kappa shape index (κ1) is 19.5. The lowest BCUT2D eigenvalue weighted by molar-refractivity contribution is 0.102. The number of rotatable bonds is 6. The highest BCUT2D eigenvalue weighted by Crippen LogP contribution is 2.35. The van der Waals surface area contributed by atoms with Gasteiger partial charge in [0.05, 0.1) is 21.9 Å². The second-order valence-corrected chi connectivity index (χ2v) is 8.75. The van der Waals surface area contributed by atoms with Gasteiger partial charge in [-0.2, -0.15) is 16.6 Å². The van der Waals surface area contributed by atoms with Crippen molar-refractivity contribution in [1.82, 2.24) is 4.98 Å². The topological polar surface area (TPSA) is 53.8 Å². The molecular weight excluding hydrogens is 423 g/mol. The summed E-state index contributed by atoms with van der Waals surface area (Å²) >= 11 is 4.27. The van der Waals surface area contributed by atoms with Crippen LogP contribution >= 0.6 is 34.4 Å². The van der Waals surface area contributed by atoms with Gasteiger partial charge in [0.25, 0.3) is 0 Å². The van der Waals surface area contributed by atoms with E-state index in [0.717, 1.165) is 16.1 Å². The molecule has 0 bridgehead atoms. The molecule has 142 valence electrons. The van der Waals surface area contributed by atoms with Crippen molar-refractivity contribution in [2.45, 2.75) is 5.03 Å². The number of carbonyl (C=O) groups is 1. The Labute approximate surface area is 179 Å². The Morgan fingerprint density at radius 1 is 1.17 bits per heavy atom. The lowest BCUT2D eigenvalue weighted by Gasteiger charge is -2.11. The number of hydrogen-bond donors (Lipinski definition) is 0. The number of nitriles is 1. The Morgan fingerprint density at radius 3 is 2.66 bits per heavy atom. The second kappa shape index (κ2) is 8.70. The molecule has 0 saturated heterocycles. The summed E-state index contributed by atoms with van der Waals surface area (Å²) in [5, 5.41) is 16.0. The fraction of sp³-hybridized carbons (Fsp3) is 0.0455. The van der Waals surface area contributed by atoms with Crippen molar-refractivity contribution in [3.8, 4) is 27.8 Å². The average Bonchev–Trinajstić information content (AvgIpc) is 3.46. The molecule has 4 rings (SSSR count). The van der Waals surface area contributed by atoms with Gasteiger partial charge in [0.2, 0.25) is 0 Å². The summed E-state index contributed by atoms with van der Waals surface area (Å²) in [5.74, 6) is -0.155. The Morgan fingerprint density at radius 2 is 2.00 bits per heavy atom. The van der Waals surface area contributed by atoms with Gasteiger partial charge in [-0.1, -0.05) is 30.0 Å². The van der Waals surface area contributed by atoms with Gasteiger partial charge in [-0.3, -0.25) is 4.79 Å². The Bertz CT molecular complexity index is 1180. The molecule has 0 saturated carbocycles. The van der Waals surface area contributed by atoms with Gasteiger partial charge in [0.15, 0.2) is 5.78 Å². The summed E-state index contributed by atoms with van der Waals surface area (Å²) in [6.45, 7) is 0. The van der Waals surface area contributed by atoms with Crippen LogP contribution in [0, 0.1) is 17.1 Å². The maximum absolute atomic E-state index is 13.4. The quantitative estimate of drug-likeness (QED) is 0.255. The maximum atomic E-state index is 13.4. The van der Waals surface area contributed by atoms with Crippen LogP contribution in [0.2, 0.25) is 0 Å². The van der Waals surface area contributed by atoms with Crippen LogP contribution in [0.5, 0.6) is 0 Å². The number of aromatic nitrogens is 1. The molecule has 0 aliphatic rings. The molecule has 3 aromatic heterocycles. The van der Waals surface area contributed by atoms with Gasteiger partial charge in [-0.05, 0) is 46.7 Å². The van der Waals surface area contributed by atoms with Crippen molar-refractivity contribution >= 4 is 40.2 Å². The van der Waals surface area contributed by atoms with Crippen LogP contribution in [0.4, 0.5) is 4.39 Å². The Balaban J connectivity index is 1.77. The lowest BCUT2D eigenvalue weighted by atomic mass is 10.0. The van der Waals surface area contributed by atoms with E-state index in [4.69, 9.17) is 0 Å². The summed E-state index contributed by atoms with van der Waals surface area (Å²) in [5.41, 5.74) is 3.18. The molecule has 3 nitrogen and oxygen atoms in total. The minimum Gasteiger partial charge on any atom is -0.293 e. The zero-order valence-corrected chi connectivity index (χ0v) is 17.4. The molecule has 7 heteroatoms. The first-order valence-electron chi connectivity index (χ1n) is 8.59. The standard InChI is InChI=1S/C22H13FN2OS3/c23-16-5-3-14(4-6-16)17-10-19(21-2-1-8-28-21)25-22(18(17)11-24)29-13-20(26)15-7-9-27-12-15/h1-10,12H,13H2. The van der Waals surface area contributed by atoms with E-state index in [0.29, 0.717) is 21.7 Å². The van der Waals surface area contributed by atoms with Gasteiger partial charge >= 0.3 is 0 Å². The third kappa shape index (κ3) is 4.30. The van der Waals surface area contributed by atoms with Crippen molar-refractivity contribution in [2.75, 3.05) is 5.75 Å². The normalized spacial score (nSPS) is 10.6. The number of halogens is 1. The van der Waals surface area contributed by atoms with Crippen LogP contribution in [0.3, 0.4) is 0 Å². The minimum atomic E-state index is -0.337. The largest absolute Gasteiger partial charge is 0.293 e. The summed E-state index contributed by atoms with van der Waals surface area (Å²) < 4.78 is 13.4. The van der Waals surface area contributed by atoms with E-state index >= 15 is 0 Å². The van der Waals surface area contributed by atoms with E-state index in [9.17, 15) is 14.4 Å². The molecular formula is C22H13FN2OS3. The van der Waals surface area contributed by atoms with E-state index in [-0.39, 0.29) is 17.4 Å². The van der Waals surface area contributed by atoms with Crippen LogP contribution in [-0.4, -0.2) is 16.5 Å². The maximum Gasteiger partial charge on any atom is 0.173 e. The van der Waals surface area contributed by atoms with Crippen molar-refractivity contribution < 1.29 is 9.18 Å². The van der Waals surface area contributed by atoms with Crippen molar-refractivity contribution in [3.63, 3.8) is 0 Å². The lowest BCUT2D eigenvalue weighted by Crippen LogP contribution is -2.02. The number of ketones is 1. The number of hydrogen-bond acceptors (Lipinski definition) is 6. The van der Waals surface area contributed by atoms with E-state index in [1.807, 2.05) is 34.3 Å². The molecule has 0 fully saturated rings. The van der Waals surface area contributed by atoms with E-state index < -0.39 is 0 Å². The molecule has 0 aliphatic carbocycles. The van der Waals surface area contributed by atoms with Crippen LogP contribution in [0.15, 0.2) is 69.7 Å². The number of pyridine rings is 1. The Hall–Kier alpha value is -2.79. The average molecular weight is 437 g/mol. The predicted octanol–water partition coefficient (Wildman–Crippen LogP) is 6.52. The number of carbonyl (C=O) groups excluding carboxylic acids is 1. The van der Waals surface area contributed by atoms with E-state index in [1.54, 1.807) is 29.5 Å². The van der Waals surface area contributed by atoms with Crippen molar-refractivity contribution in [2.24, 2.45) is 0 Å². The molecule has 0 N–H and O–H groups in total. The van der Waals surface area contributed by atoms with Gasteiger partial charge in [0.1, 0.15) is 16.9 Å². The zero-order chi connectivity index (χ0) is 20.2. The van der Waals surface area contributed by atoms with Crippen LogP contribution in [0.25, 0.3) is 21.7 Å². The number of thiophene rings is 2. The first-order valence-corrected chi connectivity index (χ1v) is 11.4. The third-order valence-electron chi connectivity index (χ3n) is 4.21. The number of thioether (sulfide) groups is 1. The number of benzene rings is 1. The highest BCUT2D eigenvalue weighted by Gasteiger charge is 2.18. The van der Waals surface area contributed by atoms with Gasteiger partial charge in [0, 0.05) is 16.5 Å². The molecule has 0 amide bonds. The molecule has 29 heavy (non-hydrogen) atoms. The second-order valence-electron chi connectivity index (χ2n) is 6.06. The van der Waals surface area contributed by atoms with Crippen molar-refractivity contribution in [1.29, 1.82) is 5.26 Å². The zero-order valence-electron chi connectivity index (χ0n) is 15.0. The summed E-state index contributed by atoms with van der Waals surface area (Å²) in [6.07, 6.45) is 0. The van der Waals surface area contributed by atoms with Crippen LogP contribution < -0.4 is 0 Å². The van der Waals surface area contributed by atoms with Gasteiger partial charge in [-0.25, -0.2) is 9.37 Å². The van der Waals surface area contributed by atoms with E-state index in [2.05, 4.69) is 11.1 Å². The fourth-order valence-corrected chi connectivity index (χ4v) is 5.03. The highest BCUT2D eigenvalue weighted by atomic mass is 32.2. The van der Waals surface area contributed by atoms with Crippen molar-refractivity contribution in [3.05, 3.63) is 81.6 Å². The van der Waals surface area contributed by atoms with Gasteiger partial charge in [-0.15, -0.1) is 11.3 Å². The summed E-state index contributed by atoms with van der Waals surface area (Å²) in [4.78, 5) is 18.1. The molecule has 0 radical (unpaired) electrons. The molecule has 3 heterocycles. The molecule has 0 atom stereocenters. The summed E-state index contributed by atoms with van der Waals surface area (Å²) in [7, 11) is 0. The first-order chi connectivity index (χ1) is 14.2. The predicted molar refractivity (Wildman–Crippen MR) is 117 cm³/mol. The molecule has 0 unspecified atom stereocenters. The highest BCUT2D eigenvalue weighted by molar-refractivity contribution is 8.00. The molecule has 4 aromatic rings. The molecule has 0 aliphatic heterocycles. The summed E-state index contributed by atoms with van der Waals surface area (Å²) in [6, 6.07) is 15.8. The third-order valence-corrected chi connectivity index (χ3v) is 6.76. The van der Waals surface area contributed by atoms with Crippen LogP contribution in [-0.2, 0) is 0 Å². The fourth-order valence-electron chi connectivity index (χ4n) is 2.78. The van der Waals surface area contributed by atoms with Crippen LogP contribution in [0.1, 0.15) is 15.9 Å².